The first-order valence-corrected chi connectivity index (χ1v) is 12.6. The van der Waals surface area contributed by atoms with Crippen LogP contribution >= 0.6 is 22.7 Å². The summed E-state index contributed by atoms with van der Waals surface area (Å²) < 4.78 is 2.89. The molecule has 0 atom stereocenters. The Labute approximate surface area is 170 Å². The van der Waals surface area contributed by atoms with Crippen LogP contribution in [0.25, 0.3) is 20.2 Å². The van der Waals surface area contributed by atoms with Gasteiger partial charge in [0.05, 0.1) is 0 Å². The highest BCUT2D eigenvalue weighted by Crippen LogP contribution is 2.45. The molecule has 2 aliphatic carbocycles. The fraction of sp³-hybridized carbons (Fsp3) is 0.583. The van der Waals surface area contributed by atoms with E-state index in [9.17, 15) is 5.11 Å². The van der Waals surface area contributed by atoms with E-state index in [-0.39, 0.29) is 0 Å². The van der Waals surface area contributed by atoms with Crippen molar-refractivity contribution >= 4 is 42.8 Å². The number of hydrogen-bond donors (Lipinski definition) is 1. The third kappa shape index (κ3) is 3.53. The van der Waals surface area contributed by atoms with E-state index in [0.29, 0.717) is 5.06 Å². The third-order valence-electron chi connectivity index (χ3n) is 7.02. The molecule has 0 amide bonds. The van der Waals surface area contributed by atoms with Gasteiger partial charge < -0.3 is 5.11 Å². The molecule has 0 radical (unpaired) electrons. The maximum atomic E-state index is 10.3. The van der Waals surface area contributed by atoms with Crippen molar-refractivity contribution in [3.8, 4) is 5.06 Å². The number of fused-ring (bicyclic) bond motifs is 3. The molecule has 5 rings (SSSR count). The second-order valence-corrected chi connectivity index (χ2v) is 10.8. The van der Waals surface area contributed by atoms with Crippen LogP contribution in [0.4, 0.5) is 0 Å². The van der Waals surface area contributed by atoms with E-state index < -0.39 is 0 Å². The lowest BCUT2D eigenvalue weighted by Crippen LogP contribution is -2.14. The van der Waals surface area contributed by atoms with Crippen LogP contribution in [-0.4, -0.2) is 5.11 Å². The highest BCUT2D eigenvalue weighted by Gasteiger charge is 2.24. The van der Waals surface area contributed by atoms with Crippen molar-refractivity contribution in [2.45, 2.75) is 77.0 Å². The highest BCUT2D eigenvalue weighted by atomic mass is 32.1. The van der Waals surface area contributed by atoms with E-state index in [1.165, 1.54) is 97.2 Å². The van der Waals surface area contributed by atoms with Gasteiger partial charge in [0.2, 0.25) is 0 Å². The summed E-state index contributed by atoms with van der Waals surface area (Å²) in [5.74, 6) is 1.70. The molecule has 2 saturated carbocycles. The summed E-state index contributed by atoms with van der Waals surface area (Å²) in [7, 11) is 0. The first-order valence-electron chi connectivity index (χ1n) is 10.9. The first kappa shape index (κ1) is 18.0. The van der Waals surface area contributed by atoms with Gasteiger partial charge in [-0.15, -0.1) is 11.3 Å². The number of benzene rings is 1. The van der Waals surface area contributed by atoms with Gasteiger partial charge in [0.15, 0.2) is 5.06 Å². The third-order valence-corrected chi connectivity index (χ3v) is 8.99. The van der Waals surface area contributed by atoms with Gasteiger partial charge >= 0.3 is 0 Å². The average Bonchev–Trinajstić information content (AvgIpc) is 3.32. The summed E-state index contributed by atoms with van der Waals surface area (Å²) in [5, 5.41) is 15.7. The van der Waals surface area contributed by atoms with Crippen molar-refractivity contribution in [2.75, 3.05) is 0 Å². The van der Waals surface area contributed by atoms with Crippen LogP contribution in [0.3, 0.4) is 0 Å². The monoisotopic (exact) mass is 398 g/mol. The molecule has 3 heteroatoms. The second kappa shape index (κ2) is 7.75. The number of rotatable bonds is 4. The predicted octanol–water partition coefficient (Wildman–Crippen LogP) is 8.07. The molecule has 1 aromatic carbocycles. The molecule has 0 spiro atoms. The van der Waals surface area contributed by atoms with Crippen LogP contribution in [0.15, 0.2) is 17.5 Å². The summed E-state index contributed by atoms with van der Waals surface area (Å²) in [5.41, 5.74) is 3.24. The maximum absolute atomic E-state index is 10.3. The van der Waals surface area contributed by atoms with Gasteiger partial charge in [-0.3, -0.25) is 0 Å². The van der Waals surface area contributed by atoms with Crippen molar-refractivity contribution in [1.82, 2.24) is 0 Å². The minimum absolute atomic E-state index is 0.484. The fourth-order valence-electron chi connectivity index (χ4n) is 5.62. The topological polar surface area (TPSA) is 20.2 Å². The van der Waals surface area contributed by atoms with Gasteiger partial charge in [-0.1, -0.05) is 75.5 Å². The van der Waals surface area contributed by atoms with Crippen LogP contribution < -0.4 is 0 Å². The lowest BCUT2D eigenvalue weighted by atomic mass is 9.80. The molecule has 1 nitrogen and oxygen atoms in total. The predicted molar refractivity (Wildman–Crippen MR) is 119 cm³/mol. The molecule has 1 N–H and O–H groups in total. The highest BCUT2D eigenvalue weighted by molar-refractivity contribution is 7.21. The molecule has 0 saturated heterocycles. The number of hydrogen-bond acceptors (Lipinski definition) is 3. The van der Waals surface area contributed by atoms with Crippen molar-refractivity contribution in [1.29, 1.82) is 0 Å². The zero-order chi connectivity index (χ0) is 18.2. The van der Waals surface area contributed by atoms with E-state index in [4.69, 9.17) is 0 Å². The Hall–Kier alpha value is -1.06. The van der Waals surface area contributed by atoms with Gasteiger partial charge in [0, 0.05) is 26.2 Å². The van der Waals surface area contributed by atoms with Crippen molar-refractivity contribution in [2.24, 2.45) is 11.8 Å². The lowest BCUT2D eigenvalue weighted by Gasteiger charge is -2.26. The molecule has 2 aromatic heterocycles. The van der Waals surface area contributed by atoms with E-state index in [0.717, 1.165) is 11.8 Å². The minimum atomic E-state index is 0.484. The van der Waals surface area contributed by atoms with E-state index in [2.05, 4.69) is 11.4 Å². The Bertz CT molecular complexity index is 923. The number of thiophene rings is 2. The van der Waals surface area contributed by atoms with Gasteiger partial charge in [-0.25, -0.2) is 0 Å². The summed E-state index contributed by atoms with van der Waals surface area (Å²) in [4.78, 5) is 0. The van der Waals surface area contributed by atoms with Crippen LogP contribution in [0.5, 0.6) is 5.06 Å². The summed E-state index contributed by atoms with van der Waals surface area (Å²) >= 11 is 3.55. The normalized spacial score (nSPS) is 20.0. The second-order valence-electron chi connectivity index (χ2n) is 8.86. The smallest absolute Gasteiger partial charge is 0.172 e. The molecule has 0 bridgehead atoms. The summed E-state index contributed by atoms with van der Waals surface area (Å²) in [6.07, 6.45) is 16.6. The SMILES string of the molecule is Oc1cc2c(s1)c(CC1CCCCC1)c(CC1CCCCC1)c1sccc12. The van der Waals surface area contributed by atoms with Crippen LogP contribution in [0.1, 0.15) is 75.3 Å². The summed E-state index contributed by atoms with van der Waals surface area (Å²) in [6.45, 7) is 0. The first-order chi connectivity index (χ1) is 13.3. The quantitative estimate of drug-likeness (QED) is 0.471. The molecule has 27 heavy (non-hydrogen) atoms. The average molecular weight is 399 g/mol. The van der Waals surface area contributed by atoms with Gasteiger partial charge in [0.25, 0.3) is 0 Å². The molecule has 3 aromatic rings. The minimum Gasteiger partial charge on any atom is -0.499 e. The molecular weight excluding hydrogens is 368 g/mol. The molecule has 2 fully saturated rings. The Kier molecular flexibility index (Phi) is 5.17. The van der Waals surface area contributed by atoms with Gasteiger partial charge in [-0.05, 0) is 47.3 Å². The Morgan fingerprint density at radius 1 is 0.778 bits per heavy atom. The Morgan fingerprint density at radius 3 is 2.00 bits per heavy atom. The zero-order valence-electron chi connectivity index (χ0n) is 16.1. The van der Waals surface area contributed by atoms with Crippen LogP contribution in [0.2, 0.25) is 0 Å². The molecule has 0 aliphatic heterocycles. The van der Waals surface area contributed by atoms with Crippen molar-refractivity contribution in [3.05, 3.63) is 28.6 Å². The van der Waals surface area contributed by atoms with Crippen LogP contribution in [-0.2, 0) is 12.8 Å². The Balaban J connectivity index is 1.63. The van der Waals surface area contributed by atoms with Crippen molar-refractivity contribution in [3.63, 3.8) is 0 Å². The Morgan fingerprint density at radius 2 is 1.37 bits per heavy atom. The maximum Gasteiger partial charge on any atom is 0.172 e. The number of aromatic hydroxyl groups is 1. The van der Waals surface area contributed by atoms with Gasteiger partial charge in [0.1, 0.15) is 0 Å². The standard InChI is InChI=1S/C24H30OS2/c25-22-15-21-18-11-12-26-23(18)19(13-16-7-3-1-4-8-16)20(24(21)27-22)14-17-9-5-2-6-10-17/h11-12,15-17,25H,1-10,13-14H2. The molecule has 144 valence electrons. The molecular formula is C24H30OS2. The van der Waals surface area contributed by atoms with E-state index in [1.54, 1.807) is 22.5 Å². The van der Waals surface area contributed by atoms with E-state index >= 15 is 0 Å². The zero-order valence-corrected chi connectivity index (χ0v) is 17.8. The van der Waals surface area contributed by atoms with Gasteiger partial charge in [-0.2, -0.15) is 0 Å². The van der Waals surface area contributed by atoms with Crippen molar-refractivity contribution < 1.29 is 5.11 Å². The summed E-state index contributed by atoms with van der Waals surface area (Å²) in [6, 6.07) is 4.30. The molecule has 0 unspecified atom stereocenters. The van der Waals surface area contributed by atoms with Crippen LogP contribution in [0, 0.1) is 11.8 Å². The fourth-order valence-corrected chi connectivity index (χ4v) is 7.61. The molecule has 2 aliphatic rings. The van der Waals surface area contributed by atoms with E-state index in [1.807, 2.05) is 17.4 Å². The largest absolute Gasteiger partial charge is 0.499 e. The molecule has 2 heterocycles. The lowest BCUT2D eigenvalue weighted by molar-refractivity contribution is 0.348.